The van der Waals surface area contributed by atoms with Crippen molar-refractivity contribution in [3.05, 3.63) is 78.1 Å². The van der Waals surface area contributed by atoms with Crippen LogP contribution in [0.4, 0.5) is 11.4 Å². The summed E-state index contributed by atoms with van der Waals surface area (Å²) in [6.07, 6.45) is 2.63. The fraction of sp³-hybridized carbons (Fsp3) is 0.250. The Morgan fingerprint density at radius 1 is 1.03 bits per heavy atom. The zero-order chi connectivity index (χ0) is 22.9. The molecule has 166 valence electrons. The molecule has 8 heteroatoms. The fourth-order valence-electron chi connectivity index (χ4n) is 3.19. The average molecular weight is 450 g/mol. The molecule has 3 rings (SSSR count). The molecule has 0 radical (unpaired) electrons. The summed E-state index contributed by atoms with van der Waals surface area (Å²) in [6, 6.07) is 15.3. The Bertz CT molecular complexity index is 1110. The van der Waals surface area contributed by atoms with E-state index in [9.17, 15) is 9.59 Å². The Kier molecular flexibility index (Phi) is 8.21. The van der Waals surface area contributed by atoms with E-state index in [1.165, 1.54) is 11.8 Å². The number of carbonyl (C=O) groups excluding carboxylic acids is 2. The van der Waals surface area contributed by atoms with Gasteiger partial charge in [-0.05, 0) is 36.6 Å². The largest absolute Gasteiger partial charge is 0.325 e. The normalized spacial score (nSPS) is 10.6. The van der Waals surface area contributed by atoms with Gasteiger partial charge in [0.25, 0.3) is 0 Å². The zero-order valence-electron chi connectivity index (χ0n) is 18.3. The smallest absolute Gasteiger partial charge is 0.234 e. The maximum absolute atomic E-state index is 12.5. The minimum Gasteiger partial charge on any atom is -0.325 e. The predicted molar refractivity (Wildman–Crippen MR) is 129 cm³/mol. The van der Waals surface area contributed by atoms with Gasteiger partial charge in [-0.25, -0.2) is 0 Å². The van der Waals surface area contributed by atoms with E-state index < -0.39 is 0 Å². The molecule has 0 spiro atoms. The van der Waals surface area contributed by atoms with Crippen LogP contribution in [-0.2, 0) is 29.0 Å². The second-order valence-electron chi connectivity index (χ2n) is 7.19. The van der Waals surface area contributed by atoms with Crippen molar-refractivity contribution in [1.82, 2.24) is 14.8 Å². The van der Waals surface area contributed by atoms with Crippen molar-refractivity contribution >= 4 is 35.0 Å². The standard InChI is InChI=1S/C24H27N5O2S/c1-4-14-29-21(15-22(30)25-19-12-8-6-10-17(19)3)27-28-24(29)32-16-23(31)26-20-13-9-7-11-18(20)5-2/h4,6-13H,1,5,14-16H2,2-3H3,(H,25,30)(H,26,31). The molecule has 0 unspecified atom stereocenters. The minimum absolute atomic E-state index is 0.0752. The molecule has 0 fully saturated rings. The Labute approximate surface area is 192 Å². The zero-order valence-corrected chi connectivity index (χ0v) is 19.1. The van der Waals surface area contributed by atoms with Gasteiger partial charge in [0, 0.05) is 17.9 Å². The number of aryl methyl sites for hydroxylation is 2. The highest BCUT2D eigenvalue weighted by molar-refractivity contribution is 7.99. The van der Waals surface area contributed by atoms with Gasteiger partial charge in [-0.1, -0.05) is 61.2 Å². The molecule has 2 N–H and O–H groups in total. The van der Waals surface area contributed by atoms with Crippen molar-refractivity contribution < 1.29 is 9.59 Å². The molecule has 0 aliphatic rings. The van der Waals surface area contributed by atoms with Gasteiger partial charge in [0.15, 0.2) is 5.16 Å². The van der Waals surface area contributed by atoms with E-state index in [-0.39, 0.29) is 24.0 Å². The van der Waals surface area contributed by atoms with Gasteiger partial charge < -0.3 is 15.2 Å². The molecular weight excluding hydrogens is 422 g/mol. The first-order chi connectivity index (χ1) is 15.5. The number of nitrogens with one attached hydrogen (secondary N) is 2. The van der Waals surface area contributed by atoms with Crippen LogP contribution in [0.25, 0.3) is 0 Å². The van der Waals surface area contributed by atoms with Crippen LogP contribution in [0.5, 0.6) is 0 Å². The van der Waals surface area contributed by atoms with Crippen molar-refractivity contribution in [2.24, 2.45) is 0 Å². The number of rotatable bonds is 10. The van der Waals surface area contributed by atoms with Crippen molar-refractivity contribution in [1.29, 1.82) is 0 Å². The van der Waals surface area contributed by atoms with Gasteiger partial charge in [0.1, 0.15) is 5.82 Å². The molecule has 1 aromatic heterocycles. The third-order valence-corrected chi connectivity index (χ3v) is 5.81. The second kappa shape index (κ2) is 11.3. The van der Waals surface area contributed by atoms with E-state index in [1.807, 2.05) is 66.9 Å². The van der Waals surface area contributed by atoms with Crippen molar-refractivity contribution in [3.8, 4) is 0 Å². The Morgan fingerprint density at radius 3 is 2.44 bits per heavy atom. The lowest BCUT2D eigenvalue weighted by Crippen LogP contribution is -2.18. The number of para-hydroxylation sites is 2. The van der Waals surface area contributed by atoms with Gasteiger partial charge >= 0.3 is 0 Å². The van der Waals surface area contributed by atoms with Gasteiger partial charge in [-0.2, -0.15) is 0 Å². The summed E-state index contributed by atoms with van der Waals surface area (Å²) in [6.45, 7) is 8.22. The van der Waals surface area contributed by atoms with Crippen LogP contribution >= 0.6 is 11.8 Å². The van der Waals surface area contributed by atoms with E-state index in [0.717, 1.165) is 28.9 Å². The summed E-state index contributed by atoms with van der Waals surface area (Å²) in [5.74, 6) is 0.406. The molecule has 0 atom stereocenters. The predicted octanol–water partition coefficient (Wildman–Crippen LogP) is 4.25. The number of anilines is 2. The summed E-state index contributed by atoms with van der Waals surface area (Å²) in [5, 5.41) is 14.8. The number of aromatic nitrogens is 3. The molecule has 32 heavy (non-hydrogen) atoms. The van der Waals surface area contributed by atoms with Gasteiger partial charge in [0.05, 0.1) is 12.2 Å². The van der Waals surface area contributed by atoms with E-state index in [1.54, 1.807) is 6.08 Å². The Balaban J connectivity index is 1.64. The van der Waals surface area contributed by atoms with Crippen LogP contribution < -0.4 is 10.6 Å². The molecule has 0 aliphatic heterocycles. The molecule has 0 bridgehead atoms. The highest BCUT2D eigenvalue weighted by Crippen LogP contribution is 2.20. The van der Waals surface area contributed by atoms with Crippen LogP contribution in [0.1, 0.15) is 23.9 Å². The summed E-state index contributed by atoms with van der Waals surface area (Å²) in [5.41, 5.74) is 3.66. The van der Waals surface area contributed by atoms with Crippen LogP contribution in [0.15, 0.2) is 66.3 Å². The van der Waals surface area contributed by atoms with Crippen LogP contribution in [-0.4, -0.2) is 32.3 Å². The number of benzene rings is 2. The molecule has 3 aromatic rings. The van der Waals surface area contributed by atoms with Crippen molar-refractivity contribution in [2.45, 2.75) is 38.4 Å². The molecule has 1 heterocycles. The highest BCUT2D eigenvalue weighted by Gasteiger charge is 2.17. The molecule has 2 aromatic carbocycles. The quantitative estimate of drug-likeness (QED) is 0.357. The van der Waals surface area contributed by atoms with E-state index in [0.29, 0.717) is 17.5 Å². The summed E-state index contributed by atoms with van der Waals surface area (Å²) < 4.78 is 1.81. The summed E-state index contributed by atoms with van der Waals surface area (Å²) in [7, 11) is 0. The first-order valence-electron chi connectivity index (χ1n) is 10.4. The van der Waals surface area contributed by atoms with Crippen LogP contribution in [0.3, 0.4) is 0 Å². The molecule has 0 saturated heterocycles. The lowest BCUT2D eigenvalue weighted by atomic mass is 10.1. The van der Waals surface area contributed by atoms with Gasteiger partial charge in [0.2, 0.25) is 11.8 Å². The number of carbonyl (C=O) groups is 2. The monoisotopic (exact) mass is 449 g/mol. The van der Waals surface area contributed by atoms with Crippen LogP contribution in [0.2, 0.25) is 0 Å². The summed E-state index contributed by atoms with van der Waals surface area (Å²) >= 11 is 1.28. The fourth-order valence-corrected chi connectivity index (χ4v) is 3.95. The minimum atomic E-state index is -0.178. The van der Waals surface area contributed by atoms with Gasteiger partial charge in [-0.15, -0.1) is 16.8 Å². The van der Waals surface area contributed by atoms with Gasteiger partial charge in [-0.3, -0.25) is 9.59 Å². The number of hydrogen-bond donors (Lipinski definition) is 2. The third-order valence-electron chi connectivity index (χ3n) is 4.85. The molecule has 7 nitrogen and oxygen atoms in total. The number of nitrogens with zero attached hydrogens (tertiary/aromatic N) is 3. The third kappa shape index (κ3) is 6.07. The molecule has 0 saturated carbocycles. The number of hydrogen-bond acceptors (Lipinski definition) is 5. The van der Waals surface area contributed by atoms with E-state index >= 15 is 0 Å². The summed E-state index contributed by atoms with van der Waals surface area (Å²) in [4.78, 5) is 25.0. The van der Waals surface area contributed by atoms with Crippen LogP contribution in [0, 0.1) is 6.92 Å². The first kappa shape index (κ1) is 23.3. The number of thioether (sulfide) groups is 1. The number of allylic oxidation sites excluding steroid dienone is 1. The maximum atomic E-state index is 12.5. The Morgan fingerprint density at radius 2 is 1.72 bits per heavy atom. The van der Waals surface area contributed by atoms with Crippen molar-refractivity contribution in [3.63, 3.8) is 0 Å². The van der Waals surface area contributed by atoms with Crippen molar-refractivity contribution in [2.75, 3.05) is 16.4 Å². The number of amides is 2. The lowest BCUT2D eigenvalue weighted by molar-refractivity contribution is -0.116. The Hall–Kier alpha value is -3.39. The molecule has 0 aliphatic carbocycles. The second-order valence-corrected chi connectivity index (χ2v) is 8.13. The first-order valence-corrected chi connectivity index (χ1v) is 11.4. The van der Waals surface area contributed by atoms with E-state index in [2.05, 4.69) is 27.4 Å². The lowest BCUT2D eigenvalue weighted by Gasteiger charge is -2.11. The average Bonchev–Trinajstić information content (AvgIpc) is 3.15. The SMILES string of the molecule is C=CCn1c(CC(=O)Nc2ccccc2C)nnc1SCC(=O)Nc1ccccc1CC. The topological polar surface area (TPSA) is 88.9 Å². The van der Waals surface area contributed by atoms with E-state index in [4.69, 9.17) is 0 Å². The highest BCUT2D eigenvalue weighted by atomic mass is 32.2. The molecule has 2 amide bonds. The maximum Gasteiger partial charge on any atom is 0.234 e. The molecular formula is C24H27N5O2S.